The van der Waals surface area contributed by atoms with E-state index in [2.05, 4.69) is 13.8 Å². The van der Waals surface area contributed by atoms with Crippen molar-refractivity contribution in [2.45, 2.75) is 136 Å². The van der Waals surface area contributed by atoms with Crippen LogP contribution in [-0.4, -0.2) is 18.3 Å². The molecule has 0 saturated carbocycles. The molecule has 0 atom stereocenters. The zero-order valence-electron chi connectivity index (χ0n) is 21.3. The molecule has 0 unspecified atom stereocenters. The van der Waals surface area contributed by atoms with Gasteiger partial charge in [0.25, 0.3) is 0 Å². The monoisotopic (exact) mass is 448 g/mol. The second-order valence-corrected chi connectivity index (χ2v) is 9.32. The van der Waals surface area contributed by atoms with Crippen molar-refractivity contribution in [1.29, 1.82) is 0 Å². The summed E-state index contributed by atoms with van der Waals surface area (Å²) in [5.74, 6) is 1.64. The number of rotatable bonds is 23. The molecule has 0 heterocycles. The van der Waals surface area contributed by atoms with Crippen molar-refractivity contribution in [1.82, 2.24) is 0 Å². The Labute approximate surface area is 199 Å². The normalized spacial score (nSPS) is 11.1. The zero-order valence-corrected chi connectivity index (χ0v) is 21.3. The Hall–Kier alpha value is -1.22. The molecule has 186 valence electrons. The van der Waals surface area contributed by atoms with E-state index in [1.165, 1.54) is 103 Å². The predicted octanol–water partition coefficient (Wildman–Crippen LogP) is 9.00. The maximum absolute atomic E-state index is 9.57. The summed E-state index contributed by atoms with van der Waals surface area (Å²) in [5.41, 5.74) is 0.858. The first-order valence-electron chi connectivity index (χ1n) is 13.8. The van der Waals surface area contributed by atoms with Crippen molar-refractivity contribution in [2.75, 3.05) is 13.2 Å². The van der Waals surface area contributed by atoms with Crippen molar-refractivity contribution in [3.05, 3.63) is 23.8 Å². The Balaban J connectivity index is 2.13. The van der Waals surface area contributed by atoms with E-state index < -0.39 is 0 Å². The van der Waals surface area contributed by atoms with Gasteiger partial charge < -0.3 is 14.6 Å². The summed E-state index contributed by atoms with van der Waals surface area (Å²) in [6.45, 7) is 6.03. The van der Waals surface area contributed by atoms with E-state index in [-0.39, 0.29) is 6.61 Å². The first-order chi connectivity index (χ1) is 15.8. The number of unbranched alkanes of at least 4 members (excludes halogenated alkanes) is 16. The highest BCUT2D eigenvalue weighted by molar-refractivity contribution is 5.38. The van der Waals surface area contributed by atoms with Gasteiger partial charge in [0, 0.05) is 6.07 Å². The van der Waals surface area contributed by atoms with Crippen LogP contribution in [0, 0.1) is 0 Å². The minimum atomic E-state index is 0.0175. The van der Waals surface area contributed by atoms with Gasteiger partial charge in [-0.1, -0.05) is 117 Å². The summed E-state index contributed by atoms with van der Waals surface area (Å²) in [7, 11) is 0. The minimum Gasteiger partial charge on any atom is -0.493 e. The molecule has 1 N–H and O–H groups in total. The number of benzene rings is 1. The molecule has 0 amide bonds. The second-order valence-electron chi connectivity index (χ2n) is 9.32. The lowest BCUT2D eigenvalue weighted by molar-refractivity contribution is 0.271. The van der Waals surface area contributed by atoms with Crippen LogP contribution in [0.4, 0.5) is 0 Å². The lowest BCUT2D eigenvalue weighted by atomic mass is 10.1. The van der Waals surface area contributed by atoms with Gasteiger partial charge in [-0.2, -0.15) is 0 Å². The van der Waals surface area contributed by atoms with E-state index in [1.807, 2.05) is 18.2 Å². The Morgan fingerprint density at radius 3 is 1.19 bits per heavy atom. The SMILES string of the molecule is CCCCCCCCCCCOc1cc(CO)cc(OCCCCCCCCCCC)c1. The molecule has 1 rings (SSSR count). The number of hydrogen-bond donors (Lipinski definition) is 1. The first kappa shape index (κ1) is 28.8. The van der Waals surface area contributed by atoms with Crippen LogP contribution >= 0.6 is 0 Å². The van der Waals surface area contributed by atoms with E-state index in [4.69, 9.17) is 9.47 Å². The van der Waals surface area contributed by atoms with Gasteiger partial charge in [0.1, 0.15) is 11.5 Å². The van der Waals surface area contributed by atoms with Crippen LogP contribution in [0.15, 0.2) is 18.2 Å². The van der Waals surface area contributed by atoms with Gasteiger partial charge in [0.15, 0.2) is 0 Å². The highest BCUT2D eigenvalue weighted by Gasteiger charge is 2.04. The summed E-state index contributed by atoms with van der Waals surface area (Å²) < 4.78 is 11.9. The van der Waals surface area contributed by atoms with Gasteiger partial charge >= 0.3 is 0 Å². The molecule has 0 bridgehead atoms. The fourth-order valence-electron chi connectivity index (χ4n) is 4.09. The minimum absolute atomic E-state index is 0.0175. The van der Waals surface area contributed by atoms with Crippen LogP contribution in [0.1, 0.15) is 135 Å². The molecule has 0 aliphatic heterocycles. The summed E-state index contributed by atoms with van der Waals surface area (Å²) in [6, 6.07) is 5.83. The molecule has 3 heteroatoms. The van der Waals surface area contributed by atoms with Gasteiger partial charge in [-0.25, -0.2) is 0 Å². The van der Waals surface area contributed by atoms with Crippen LogP contribution in [0.5, 0.6) is 11.5 Å². The first-order valence-corrected chi connectivity index (χ1v) is 13.8. The Bertz CT molecular complexity index is 487. The highest BCUT2D eigenvalue weighted by Crippen LogP contribution is 2.24. The molecular formula is C29H52O3. The van der Waals surface area contributed by atoms with Crippen molar-refractivity contribution < 1.29 is 14.6 Å². The van der Waals surface area contributed by atoms with Crippen molar-refractivity contribution >= 4 is 0 Å². The van der Waals surface area contributed by atoms with Crippen LogP contribution < -0.4 is 9.47 Å². The number of aliphatic hydroxyl groups excluding tert-OH is 1. The van der Waals surface area contributed by atoms with Crippen LogP contribution in [-0.2, 0) is 6.61 Å². The molecule has 1 aromatic rings. The van der Waals surface area contributed by atoms with Crippen molar-refractivity contribution in [2.24, 2.45) is 0 Å². The Morgan fingerprint density at radius 2 is 0.844 bits per heavy atom. The number of ether oxygens (including phenoxy) is 2. The fourth-order valence-corrected chi connectivity index (χ4v) is 4.09. The molecule has 0 aromatic heterocycles. The van der Waals surface area contributed by atoms with E-state index >= 15 is 0 Å². The predicted molar refractivity (Wildman–Crippen MR) is 138 cm³/mol. The van der Waals surface area contributed by atoms with Gasteiger partial charge in [0.2, 0.25) is 0 Å². The summed E-state index contributed by atoms with van der Waals surface area (Å²) in [5, 5.41) is 9.57. The quantitative estimate of drug-likeness (QED) is 0.170. The average molecular weight is 449 g/mol. The van der Waals surface area contributed by atoms with E-state index in [0.29, 0.717) is 0 Å². The van der Waals surface area contributed by atoms with Crippen LogP contribution in [0.25, 0.3) is 0 Å². The third-order valence-corrected chi connectivity index (χ3v) is 6.16. The smallest absolute Gasteiger partial charge is 0.123 e. The molecule has 0 saturated heterocycles. The summed E-state index contributed by atoms with van der Waals surface area (Å²) in [6.07, 6.45) is 23.7. The fraction of sp³-hybridized carbons (Fsp3) is 0.793. The van der Waals surface area contributed by atoms with Crippen molar-refractivity contribution in [3.8, 4) is 11.5 Å². The van der Waals surface area contributed by atoms with E-state index in [0.717, 1.165) is 43.1 Å². The third-order valence-electron chi connectivity index (χ3n) is 6.16. The van der Waals surface area contributed by atoms with E-state index in [9.17, 15) is 5.11 Å². The van der Waals surface area contributed by atoms with Gasteiger partial charge in [-0.05, 0) is 30.5 Å². The maximum atomic E-state index is 9.57. The topological polar surface area (TPSA) is 38.7 Å². The van der Waals surface area contributed by atoms with Crippen LogP contribution in [0.2, 0.25) is 0 Å². The molecule has 3 nitrogen and oxygen atoms in total. The van der Waals surface area contributed by atoms with Gasteiger partial charge in [-0.3, -0.25) is 0 Å². The highest BCUT2D eigenvalue weighted by atomic mass is 16.5. The summed E-state index contributed by atoms with van der Waals surface area (Å²) >= 11 is 0. The van der Waals surface area contributed by atoms with E-state index in [1.54, 1.807) is 0 Å². The molecule has 0 aliphatic carbocycles. The number of aliphatic hydroxyl groups is 1. The Kier molecular flexibility index (Phi) is 19.5. The molecule has 0 aliphatic rings. The van der Waals surface area contributed by atoms with Crippen LogP contribution in [0.3, 0.4) is 0 Å². The summed E-state index contributed by atoms with van der Waals surface area (Å²) in [4.78, 5) is 0. The number of hydrogen-bond acceptors (Lipinski definition) is 3. The lowest BCUT2D eigenvalue weighted by Crippen LogP contribution is -2.01. The molecule has 1 aromatic carbocycles. The zero-order chi connectivity index (χ0) is 23.1. The lowest BCUT2D eigenvalue weighted by Gasteiger charge is -2.12. The molecule has 0 spiro atoms. The average Bonchev–Trinajstić information content (AvgIpc) is 2.81. The molecule has 0 radical (unpaired) electrons. The maximum Gasteiger partial charge on any atom is 0.123 e. The molecule has 32 heavy (non-hydrogen) atoms. The molecule has 0 fully saturated rings. The second kappa shape index (κ2) is 21.6. The third kappa shape index (κ3) is 16.4. The Morgan fingerprint density at radius 1 is 0.500 bits per heavy atom. The molecular weight excluding hydrogens is 396 g/mol. The van der Waals surface area contributed by atoms with Gasteiger partial charge in [0.05, 0.1) is 19.8 Å². The van der Waals surface area contributed by atoms with Gasteiger partial charge in [-0.15, -0.1) is 0 Å². The van der Waals surface area contributed by atoms with Crippen molar-refractivity contribution in [3.63, 3.8) is 0 Å². The largest absolute Gasteiger partial charge is 0.493 e. The standard InChI is InChI=1S/C29H52O3/c1-3-5-7-9-11-13-15-17-19-21-31-28-23-27(26-30)24-29(25-28)32-22-20-18-16-14-12-10-8-6-4-2/h23-25,30H,3-22,26H2,1-2H3.